The van der Waals surface area contributed by atoms with Gasteiger partial charge in [0.1, 0.15) is 11.6 Å². The maximum atomic E-state index is 13.4. The van der Waals surface area contributed by atoms with E-state index in [1.807, 2.05) is 18.2 Å². The maximum Gasteiger partial charge on any atom is 0.123 e. The summed E-state index contributed by atoms with van der Waals surface area (Å²) >= 11 is 0. The van der Waals surface area contributed by atoms with Crippen molar-refractivity contribution in [3.8, 4) is 5.75 Å². The van der Waals surface area contributed by atoms with Crippen LogP contribution < -0.4 is 0 Å². The summed E-state index contributed by atoms with van der Waals surface area (Å²) in [5.74, 6) is 0.750. The number of aryl methyl sites for hydroxylation is 1. The zero-order chi connectivity index (χ0) is 17.6. The van der Waals surface area contributed by atoms with Crippen molar-refractivity contribution in [1.82, 2.24) is 4.90 Å². The van der Waals surface area contributed by atoms with Crippen LogP contribution in [-0.2, 0) is 12.8 Å². The van der Waals surface area contributed by atoms with Gasteiger partial charge in [0.2, 0.25) is 0 Å². The molecule has 2 nitrogen and oxygen atoms in total. The summed E-state index contributed by atoms with van der Waals surface area (Å²) < 4.78 is 13.4. The van der Waals surface area contributed by atoms with Crippen LogP contribution in [0.15, 0.2) is 42.5 Å². The van der Waals surface area contributed by atoms with Gasteiger partial charge in [-0.05, 0) is 85.5 Å². The van der Waals surface area contributed by atoms with E-state index in [0.717, 1.165) is 44.5 Å². The fraction of sp³-hybridized carbons (Fsp3) is 0.455. The summed E-state index contributed by atoms with van der Waals surface area (Å²) in [7, 11) is 0. The van der Waals surface area contributed by atoms with Gasteiger partial charge in [0.25, 0.3) is 0 Å². The molecule has 0 amide bonds. The number of hydrogen-bond donors (Lipinski definition) is 1. The molecule has 3 heteroatoms. The monoisotopic (exact) mass is 341 g/mol. The number of halogens is 1. The zero-order valence-corrected chi connectivity index (χ0v) is 15.0. The highest BCUT2D eigenvalue weighted by Gasteiger charge is 2.22. The number of phenols is 1. The zero-order valence-electron chi connectivity index (χ0n) is 15.0. The molecule has 2 aromatic rings. The molecule has 134 valence electrons. The van der Waals surface area contributed by atoms with Crippen molar-refractivity contribution >= 4 is 0 Å². The third-order valence-electron chi connectivity index (χ3n) is 5.19. The molecule has 25 heavy (non-hydrogen) atoms. The minimum atomic E-state index is -0.152. The minimum Gasteiger partial charge on any atom is -0.508 e. The first-order valence-electron chi connectivity index (χ1n) is 9.44. The molecule has 0 spiro atoms. The Kier molecular flexibility index (Phi) is 6.09. The van der Waals surface area contributed by atoms with Gasteiger partial charge in [0.15, 0.2) is 0 Å². The van der Waals surface area contributed by atoms with Crippen LogP contribution in [0.25, 0.3) is 0 Å². The fourth-order valence-electron chi connectivity index (χ4n) is 3.99. The quantitative estimate of drug-likeness (QED) is 0.774. The van der Waals surface area contributed by atoms with E-state index in [-0.39, 0.29) is 5.82 Å². The van der Waals surface area contributed by atoms with Crippen LogP contribution >= 0.6 is 0 Å². The van der Waals surface area contributed by atoms with Crippen LogP contribution in [0.1, 0.15) is 48.8 Å². The van der Waals surface area contributed by atoms with E-state index in [0.29, 0.717) is 11.7 Å². The Bertz CT molecular complexity index is 700. The van der Waals surface area contributed by atoms with Crippen LogP contribution in [0.3, 0.4) is 0 Å². The molecule has 1 aliphatic rings. The molecule has 0 aromatic heterocycles. The summed E-state index contributed by atoms with van der Waals surface area (Å²) in [6, 6.07) is 12.8. The Morgan fingerprint density at radius 2 is 2.04 bits per heavy atom. The molecule has 0 bridgehead atoms. The predicted octanol–water partition coefficient (Wildman–Crippen LogP) is 4.91. The number of aromatic hydroxyl groups is 1. The van der Waals surface area contributed by atoms with E-state index in [1.54, 1.807) is 12.1 Å². The minimum absolute atomic E-state index is 0.152. The standard InChI is InChI=1S/C22H28FNO/c1-2-12-24(13-11-17-5-3-8-20(23)14-17)16-19-7-4-6-18-15-21(25)9-10-22(18)19/h3,5,8-10,14-15,19,25H,2,4,6-7,11-13,16H2,1H3. The van der Waals surface area contributed by atoms with E-state index in [4.69, 9.17) is 0 Å². The van der Waals surface area contributed by atoms with Crippen molar-refractivity contribution in [3.05, 3.63) is 65.0 Å². The van der Waals surface area contributed by atoms with Gasteiger partial charge >= 0.3 is 0 Å². The van der Waals surface area contributed by atoms with Crippen LogP contribution in [0, 0.1) is 5.82 Å². The van der Waals surface area contributed by atoms with Gasteiger partial charge in [-0.1, -0.05) is 25.1 Å². The largest absolute Gasteiger partial charge is 0.508 e. The predicted molar refractivity (Wildman–Crippen MR) is 101 cm³/mol. The molecule has 1 N–H and O–H groups in total. The average molecular weight is 341 g/mol. The fourth-order valence-corrected chi connectivity index (χ4v) is 3.99. The molecular formula is C22H28FNO. The third kappa shape index (κ3) is 4.82. The number of nitrogens with zero attached hydrogens (tertiary/aromatic N) is 1. The first-order valence-corrected chi connectivity index (χ1v) is 9.44. The molecule has 1 unspecified atom stereocenters. The summed E-state index contributed by atoms with van der Waals surface area (Å²) in [6.45, 7) is 5.28. The highest BCUT2D eigenvalue weighted by Crippen LogP contribution is 2.34. The number of rotatable bonds is 7. The van der Waals surface area contributed by atoms with Crippen molar-refractivity contribution < 1.29 is 9.50 Å². The van der Waals surface area contributed by atoms with Crippen LogP contribution in [0.4, 0.5) is 4.39 Å². The first kappa shape index (κ1) is 17.9. The molecule has 3 rings (SSSR count). The maximum absolute atomic E-state index is 13.4. The topological polar surface area (TPSA) is 23.5 Å². The average Bonchev–Trinajstić information content (AvgIpc) is 2.60. The Morgan fingerprint density at radius 3 is 2.84 bits per heavy atom. The number of fused-ring (bicyclic) bond motifs is 1. The Hall–Kier alpha value is -1.87. The van der Waals surface area contributed by atoms with E-state index in [1.165, 1.54) is 30.0 Å². The first-order chi connectivity index (χ1) is 12.2. The Balaban J connectivity index is 1.66. The molecule has 0 heterocycles. The second-order valence-corrected chi connectivity index (χ2v) is 7.15. The van der Waals surface area contributed by atoms with Gasteiger partial charge in [-0.15, -0.1) is 0 Å². The van der Waals surface area contributed by atoms with Crippen molar-refractivity contribution in [2.24, 2.45) is 0 Å². The molecule has 1 aliphatic carbocycles. The van der Waals surface area contributed by atoms with Crippen LogP contribution in [-0.4, -0.2) is 29.6 Å². The van der Waals surface area contributed by atoms with E-state index >= 15 is 0 Å². The molecule has 2 aromatic carbocycles. The van der Waals surface area contributed by atoms with E-state index in [2.05, 4.69) is 17.9 Å². The van der Waals surface area contributed by atoms with Gasteiger partial charge < -0.3 is 10.0 Å². The highest BCUT2D eigenvalue weighted by molar-refractivity contribution is 5.38. The molecular weight excluding hydrogens is 313 g/mol. The van der Waals surface area contributed by atoms with Gasteiger partial charge in [-0.25, -0.2) is 4.39 Å². The third-order valence-corrected chi connectivity index (χ3v) is 5.19. The summed E-state index contributed by atoms with van der Waals surface area (Å²) in [5.41, 5.74) is 3.77. The van der Waals surface area contributed by atoms with Gasteiger partial charge in [0.05, 0.1) is 0 Å². The number of hydrogen-bond acceptors (Lipinski definition) is 2. The lowest BCUT2D eigenvalue weighted by Gasteiger charge is -2.31. The number of phenolic OH excluding ortho intramolecular Hbond substituents is 1. The molecule has 0 radical (unpaired) electrons. The van der Waals surface area contributed by atoms with Crippen LogP contribution in [0.2, 0.25) is 0 Å². The summed E-state index contributed by atoms with van der Waals surface area (Å²) in [5, 5.41) is 9.73. The van der Waals surface area contributed by atoms with E-state index < -0.39 is 0 Å². The smallest absolute Gasteiger partial charge is 0.123 e. The molecule has 0 saturated heterocycles. The van der Waals surface area contributed by atoms with Gasteiger partial charge in [0, 0.05) is 13.1 Å². The molecule has 0 fully saturated rings. The van der Waals surface area contributed by atoms with Crippen molar-refractivity contribution in [1.29, 1.82) is 0 Å². The highest BCUT2D eigenvalue weighted by atomic mass is 19.1. The molecule has 0 aliphatic heterocycles. The van der Waals surface area contributed by atoms with Crippen molar-refractivity contribution in [2.75, 3.05) is 19.6 Å². The second-order valence-electron chi connectivity index (χ2n) is 7.15. The van der Waals surface area contributed by atoms with Crippen molar-refractivity contribution in [2.45, 2.75) is 44.9 Å². The SMILES string of the molecule is CCCN(CCc1cccc(F)c1)CC1CCCc2cc(O)ccc21. The lowest BCUT2D eigenvalue weighted by Crippen LogP contribution is -2.32. The summed E-state index contributed by atoms with van der Waals surface area (Å²) in [4.78, 5) is 2.51. The van der Waals surface area contributed by atoms with Crippen LogP contribution in [0.5, 0.6) is 5.75 Å². The van der Waals surface area contributed by atoms with Crippen molar-refractivity contribution in [3.63, 3.8) is 0 Å². The molecule has 0 saturated carbocycles. The lowest BCUT2D eigenvalue weighted by molar-refractivity contribution is 0.250. The Morgan fingerprint density at radius 1 is 1.16 bits per heavy atom. The van der Waals surface area contributed by atoms with E-state index in [9.17, 15) is 9.50 Å². The normalized spacial score (nSPS) is 16.8. The lowest BCUT2D eigenvalue weighted by atomic mass is 9.82. The summed E-state index contributed by atoms with van der Waals surface area (Å²) in [6.07, 6.45) is 5.46. The Labute approximate surface area is 150 Å². The number of benzene rings is 2. The van der Waals surface area contributed by atoms with Gasteiger partial charge in [-0.2, -0.15) is 0 Å². The van der Waals surface area contributed by atoms with Gasteiger partial charge in [-0.3, -0.25) is 0 Å². The second kappa shape index (κ2) is 8.48. The molecule has 1 atom stereocenters.